The summed E-state index contributed by atoms with van der Waals surface area (Å²) in [7, 11) is 0. The molecule has 176 valence electrons. The predicted octanol–water partition coefficient (Wildman–Crippen LogP) is 1.17. The van der Waals surface area contributed by atoms with Crippen LogP contribution in [0.1, 0.15) is 55.8 Å². The first-order valence-corrected chi connectivity index (χ1v) is 9.84. The second-order valence-electron chi connectivity index (χ2n) is 7.13. The molecular weight excluding hydrogens is 436 g/mol. The molecule has 0 aliphatic carbocycles. The Balaban J connectivity index is 1.85. The van der Waals surface area contributed by atoms with Crippen molar-refractivity contribution in [3.63, 3.8) is 0 Å². The molecule has 0 bridgehead atoms. The smallest absolute Gasteiger partial charge is 0.348 e. The van der Waals surface area contributed by atoms with E-state index in [-0.39, 0.29) is 64.8 Å². The van der Waals surface area contributed by atoms with Crippen molar-refractivity contribution in [1.82, 2.24) is 10.9 Å². The van der Waals surface area contributed by atoms with E-state index in [1.165, 1.54) is 39.8 Å². The van der Waals surface area contributed by atoms with Crippen LogP contribution in [0.3, 0.4) is 0 Å². The van der Waals surface area contributed by atoms with Gasteiger partial charge in [-0.3, -0.25) is 9.59 Å². The van der Waals surface area contributed by atoms with Gasteiger partial charge in [0, 0.05) is 25.0 Å². The minimum Gasteiger partial charge on any atom is -0.507 e. The number of aryl methyl sites for hydroxylation is 2. The number of nitrogens with one attached hydrogen (secondary N) is 2. The third-order valence-electron chi connectivity index (χ3n) is 4.34. The molecule has 4 N–H and O–H groups in total. The third-order valence-corrected chi connectivity index (χ3v) is 4.34. The molecule has 0 radical (unpaired) electrons. The first-order chi connectivity index (χ1) is 15.5. The summed E-state index contributed by atoms with van der Waals surface area (Å²) in [6.45, 7) is 5.85. The Labute approximate surface area is 187 Å². The fourth-order valence-electron chi connectivity index (χ4n) is 2.78. The number of rotatable bonds is 8. The van der Waals surface area contributed by atoms with Crippen molar-refractivity contribution in [2.75, 3.05) is 0 Å². The first-order valence-electron chi connectivity index (χ1n) is 9.84. The third kappa shape index (κ3) is 6.89. The Kier molecular flexibility index (Phi) is 8.26. The van der Waals surface area contributed by atoms with Gasteiger partial charge in [0.15, 0.2) is 0 Å². The lowest BCUT2D eigenvalue weighted by Gasteiger charge is -2.05. The second kappa shape index (κ2) is 10.9. The lowest BCUT2D eigenvalue weighted by Crippen LogP contribution is -2.23. The van der Waals surface area contributed by atoms with E-state index < -0.39 is 23.1 Å². The number of nitrogens with zero attached hydrogens (tertiary/aromatic N) is 2. The Morgan fingerprint density at radius 3 is 1.52 bits per heavy atom. The Morgan fingerprint density at radius 2 is 1.18 bits per heavy atom. The number of amides is 2. The zero-order valence-electron chi connectivity index (χ0n) is 18.5. The highest BCUT2D eigenvalue weighted by Crippen LogP contribution is 2.16. The molecule has 0 saturated heterocycles. The van der Waals surface area contributed by atoms with E-state index in [2.05, 4.69) is 21.1 Å². The highest BCUT2D eigenvalue weighted by Gasteiger charge is 2.15. The van der Waals surface area contributed by atoms with Crippen LogP contribution in [0.5, 0.6) is 11.5 Å². The topological polar surface area (TPSA) is 184 Å². The van der Waals surface area contributed by atoms with Crippen molar-refractivity contribution in [2.45, 2.75) is 47.0 Å². The van der Waals surface area contributed by atoms with Gasteiger partial charge >= 0.3 is 11.3 Å². The number of carbonyl (C=O) groups excluding carboxylic acids is 2. The largest absolute Gasteiger partial charge is 0.507 e. The summed E-state index contributed by atoms with van der Waals surface area (Å²) in [4.78, 5) is 47.5. The number of hydrazone groups is 2. The Morgan fingerprint density at radius 1 is 0.818 bits per heavy atom. The zero-order chi connectivity index (χ0) is 24.7. The highest BCUT2D eigenvalue weighted by molar-refractivity contribution is 6.01. The quantitative estimate of drug-likeness (QED) is 0.334. The van der Waals surface area contributed by atoms with Gasteiger partial charge in [-0.1, -0.05) is 0 Å². The molecule has 0 fully saturated rings. The molecule has 0 atom stereocenters. The SMILES string of the molecule is C/C(=N\NC(=O)CCCC(=O)N/N=C(\C)c1c(O)cc(C)oc1=O)c1c(O)cc(C)oc1=O. The van der Waals surface area contributed by atoms with Gasteiger partial charge in [0.25, 0.3) is 0 Å². The lowest BCUT2D eigenvalue weighted by atomic mass is 10.2. The molecule has 0 aromatic carbocycles. The molecule has 0 spiro atoms. The first kappa shape index (κ1) is 25.0. The average molecular weight is 460 g/mol. The van der Waals surface area contributed by atoms with Gasteiger partial charge in [-0.15, -0.1) is 0 Å². The van der Waals surface area contributed by atoms with Crippen LogP contribution in [0.25, 0.3) is 0 Å². The molecule has 33 heavy (non-hydrogen) atoms. The maximum atomic E-state index is 11.9. The van der Waals surface area contributed by atoms with Crippen LogP contribution in [0.2, 0.25) is 0 Å². The Hall–Kier alpha value is -4.22. The summed E-state index contributed by atoms with van der Waals surface area (Å²) in [5, 5.41) is 27.3. The Bertz CT molecular complexity index is 1140. The minimum atomic E-state index is -0.785. The van der Waals surface area contributed by atoms with E-state index in [0.717, 1.165) is 0 Å². The van der Waals surface area contributed by atoms with Gasteiger partial charge in [-0.25, -0.2) is 20.4 Å². The fraction of sp³-hybridized carbons (Fsp3) is 0.333. The second-order valence-corrected chi connectivity index (χ2v) is 7.13. The van der Waals surface area contributed by atoms with Gasteiger partial charge in [0.2, 0.25) is 11.8 Å². The van der Waals surface area contributed by atoms with Crippen LogP contribution in [0.15, 0.2) is 40.8 Å². The van der Waals surface area contributed by atoms with Crippen LogP contribution in [0, 0.1) is 13.8 Å². The fourth-order valence-corrected chi connectivity index (χ4v) is 2.78. The van der Waals surface area contributed by atoms with Gasteiger partial charge in [-0.05, 0) is 34.1 Å². The summed E-state index contributed by atoms with van der Waals surface area (Å²) >= 11 is 0. The molecular formula is C21H24N4O8. The summed E-state index contributed by atoms with van der Waals surface area (Å²) in [5.41, 5.74) is 2.69. The monoisotopic (exact) mass is 460 g/mol. The predicted molar refractivity (Wildman–Crippen MR) is 117 cm³/mol. The van der Waals surface area contributed by atoms with Crippen molar-refractivity contribution in [3.05, 3.63) is 55.6 Å². The van der Waals surface area contributed by atoms with Crippen LogP contribution >= 0.6 is 0 Å². The van der Waals surface area contributed by atoms with E-state index >= 15 is 0 Å². The van der Waals surface area contributed by atoms with Crippen molar-refractivity contribution in [3.8, 4) is 11.5 Å². The number of carbonyl (C=O) groups is 2. The highest BCUT2D eigenvalue weighted by atomic mass is 16.4. The summed E-state index contributed by atoms with van der Waals surface area (Å²) in [5.74, 6) is -1.20. The standard InChI is InChI=1S/C21H24N4O8/c1-10-8-14(26)18(20(30)32-10)12(3)22-24-16(28)6-5-7-17(29)25-23-13(4)19-15(27)9-11(2)33-21(19)31/h8-9,26-27H,5-7H2,1-4H3,(H,24,28)(H,25,29)/b22-12+,23-13+. The molecule has 0 aliphatic heterocycles. The zero-order valence-corrected chi connectivity index (χ0v) is 18.5. The van der Waals surface area contributed by atoms with Gasteiger partial charge < -0.3 is 19.0 Å². The number of aromatic hydroxyl groups is 2. The van der Waals surface area contributed by atoms with Crippen LogP contribution in [-0.2, 0) is 9.59 Å². The molecule has 12 nitrogen and oxygen atoms in total. The minimum absolute atomic E-state index is 0.0519. The lowest BCUT2D eigenvalue weighted by molar-refractivity contribution is -0.122. The number of hydrogen-bond acceptors (Lipinski definition) is 10. The number of hydrogen-bond donors (Lipinski definition) is 4. The normalized spacial score (nSPS) is 11.9. The summed E-state index contributed by atoms with van der Waals surface area (Å²) in [6.07, 6.45) is 0.0596. The van der Waals surface area contributed by atoms with Gasteiger partial charge in [0.1, 0.15) is 34.1 Å². The molecule has 2 aromatic heterocycles. The van der Waals surface area contributed by atoms with E-state index in [1.807, 2.05) is 0 Å². The maximum Gasteiger partial charge on any atom is 0.348 e. The van der Waals surface area contributed by atoms with Crippen molar-refractivity contribution < 1.29 is 28.6 Å². The molecule has 2 aromatic rings. The van der Waals surface area contributed by atoms with Gasteiger partial charge in [-0.2, -0.15) is 10.2 Å². The van der Waals surface area contributed by atoms with E-state index in [1.54, 1.807) is 0 Å². The van der Waals surface area contributed by atoms with E-state index in [4.69, 9.17) is 8.83 Å². The molecule has 0 saturated carbocycles. The molecule has 0 aliphatic rings. The average Bonchev–Trinajstić information content (AvgIpc) is 2.69. The molecule has 2 rings (SSSR count). The van der Waals surface area contributed by atoms with Crippen molar-refractivity contribution >= 4 is 23.2 Å². The summed E-state index contributed by atoms with van der Waals surface area (Å²) < 4.78 is 9.79. The van der Waals surface area contributed by atoms with Crippen LogP contribution < -0.4 is 22.1 Å². The summed E-state index contributed by atoms with van der Waals surface area (Å²) in [6, 6.07) is 2.51. The molecule has 12 heteroatoms. The van der Waals surface area contributed by atoms with Crippen molar-refractivity contribution in [1.29, 1.82) is 0 Å². The van der Waals surface area contributed by atoms with Crippen molar-refractivity contribution in [2.24, 2.45) is 10.2 Å². The van der Waals surface area contributed by atoms with E-state index in [0.29, 0.717) is 0 Å². The van der Waals surface area contributed by atoms with Crippen LogP contribution in [-0.4, -0.2) is 33.5 Å². The van der Waals surface area contributed by atoms with Gasteiger partial charge in [0.05, 0.1) is 11.4 Å². The molecule has 2 amide bonds. The molecule has 2 heterocycles. The van der Waals surface area contributed by atoms with E-state index in [9.17, 15) is 29.4 Å². The maximum absolute atomic E-state index is 11.9. The molecule has 0 unspecified atom stereocenters. The van der Waals surface area contributed by atoms with Crippen LogP contribution in [0.4, 0.5) is 0 Å².